The predicted octanol–water partition coefficient (Wildman–Crippen LogP) is 2.61. The van der Waals surface area contributed by atoms with Crippen molar-refractivity contribution >= 4 is 39.5 Å². The molecule has 0 unspecified atom stereocenters. The van der Waals surface area contributed by atoms with Crippen molar-refractivity contribution in [3.8, 4) is 0 Å². The lowest BCUT2D eigenvalue weighted by atomic mass is 10.3. The lowest BCUT2D eigenvalue weighted by Crippen LogP contribution is -2.42. The van der Waals surface area contributed by atoms with Gasteiger partial charge in [0.05, 0.1) is 5.75 Å². The molecule has 0 aliphatic rings. The molecule has 116 valence electrons. The fourth-order valence-electron chi connectivity index (χ4n) is 1.44. The molecule has 3 N–H and O–H groups in total. The fraction of sp³-hybridized carbons (Fsp3) is 0.0769. The molecule has 0 atom stereocenters. The molecule has 9 heteroatoms. The van der Waals surface area contributed by atoms with Crippen LogP contribution in [0.2, 0.25) is 0 Å². The summed E-state index contributed by atoms with van der Waals surface area (Å²) in [6.45, 7) is 0. The first-order valence-electron chi connectivity index (χ1n) is 5.96. The van der Waals surface area contributed by atoms with E-state index in [0.717, 1.165) is 23.9 Å². The molecule has 2 amide bonds. The Morgan fingerprint density at radius 2 is 1.95 bits per heavy atom. The number of hydrogen-bond acceptors (Lipinski definition) is 3. The van der Waals surface area contributed by atoms with Gasteiger partial charge in [0.15, 0.2) is 11.6 Å². The average Bonchev–Trinajstić information content (AvgIpc) is 2.92. The Labute approximate surface area is 137 Å². The van der Waals surface area contributed by atoms with Crippen molar-refractivity contribution in [2.75, 3.05) is 5.75 Å². The second-order valence-corrected chi connectivity index (χ2v) is 6.06. The number of benzene rings is 1. The zero-order valence-corrected chi connectivity index (χ0v) is 13.4. The molecule has 1 heterocycles. The summed E-state index contributed by atoms with van der Waals surface area (Å²) >= 11 is 4.20. The maximum absolute atomic E-state index is 13.0. The largest absolute Gasteiger partial charge is 0.356 e. The lowest BCUT2D eigenvalue weighted by molar-refractivity contribution is -0.119. The summed E-state index contributed by atoms with van der Waals surface area (Å²) in [6.07, 6.45) is 1.58. The molecule has 2 aromatic rings. The molecule has 0 spiro atoms. The SMILES string of the molecule is O=C(CSc1ccc(F)c(F)c1)NNC(=O)c1cc(Br)c[nH]1. The maximum Gasteiger partial charge on any atom is 0.286 e. The van der Waals surface area contributed by atoms with Crippen LogP contribution in [0, 0.1) is 11.6 Å². The van der Waals surface area contributed by atoms with Crippen LogP contribution in [0.15, 0.2) is 39.8 Å². The average molecular weight is 390 g/mol. The van der Waals surface area contributed by atoms with Crippen molar-refractivity contribution in [2.24, 2.45) is 0 Å². The van der Waals surface area contributed by atoms with Crippen molar-refractivity contribution < 1.29 is 18.4 Å². The van der Waals surface area contributed by atoms with Crippen molar-refractivity contribution in [2.45, 2.75) is 4.90 Å². The number of aromatic amines is 1. The first-order chi connectivity index (χ1) is 10.5. The Kier molecular flexibility index (Phi) is 5.56. The fourth-order valence-corrected chi connectivity index (χ4v) is 2.51. The van der Waals surface area contributed by atoms with Gasteiger partial charge in [-0.2, -0.15) is 0 Å². The number of rotatable bonds is 4. The van der Waals surface area contributed by atoms with Gasteiger partial charge >= 0.3 is 0 Å². The monoisotopic (exact) mass is 389 g/mol. The van der Waals surface area contributed by atoms with E-state index in [0.29, 0.717) is 9.37 Å². The smallest absolute Gasteiger partial charge is 0.286 e. The molecule has 22 heavy (non-hydrogen) atoms. The molecule has 0 bridgehead atoms. The van der Waals surface area contributed by atoms with Gasteiger partial charge in [0.2, 0.25) is 5.91 Å². The van der Waals surface area contributed by atoms with E-state index in [9.17, 15) is 18.4 Å². The summed E-state index contributed by atoms with van der Waals surface area (Å²) in [7, 11) is 0. The summed E-state index contributed by atoms with van der Waals surface area (Å²) in [4.78, 5) is 26.3. The Morgan fingerprint density at radius 3 is 2.59 bits per heavy atom. The van der Waals surface area contributed by atoms with Crippen molar-refractivity contribution in [1.29, 1.82) is 0 Å². The van der Waals surface area contributed by atoms with Crippen LogP contribution >= 0.6 is 27.7 Å². The number of aromatic nitrogens is 1. The molecule has 0 radical (unpaired) electrons. The highest BCUT2D eigenvalue weighted by molar-refractivity contribution is 9.10. The molecular weight excluding hydrogens is 380 g/mol. The summed E-state index contributed by atoms with van der Waals surface area (Å²) in [6, 6.07) is 4.91. The number of nitrogens with one attached hydrogen (secondary N) is 3. The molecule has 1 aromatic carbocycles. The summed E-state index contributed by atoms with van der Waals surface area (Å²) in [5.74, 6) is -2.96. The number of thioether (sulfide) groups is 1. The van der Waals surface area contributed by atoms with E-state index in [1.807, 2.05) is 0 Å². The second kappa shape index (κ2) is 7.41. The quantitative estimate of drug-likeness (QED) is 0.555. The van der Waals surface area contributed by atoms with Crippen LogP contribution in [0.4, 0.5) is 8.78 Å². The highest BCUT2D eigenvalue weighted by Crippen LogP contribution is 2.19. The predicted molar refractivity (Wildman–Crippen MR) is 81.2 cm³/mol. The molecule has 2 rings (SSSR count). The van der Waals surface area contributed by atoms with Crippen LogP contribution in [-0.4, -0.2) is 22.6 Å². The van der Waals surface area contributed by atoms with Gasteiger partial charge in [-0.25, -0.2) is 8.78 Å². The van der Waals surface area contributed by atoms with Crippen LogP contribution in [0.1, 0.15) is 10.5 Å². The van der Waals surface area contributed by atoms with E-state index in [1.165, 1.54) is 6.07 Å². The number of hydrazine groups is 1. The molecular formula is C13H10BrF2N3O2S. The lowest BCUT2D eigenvalue weighted by Gasteiger charge is -2.06. The third-order valence-corrected chi connectivity index (χ3v) is 3.92. The molecule has 0 aliphatic heterocycles. The Hall–Kier alpha value is -1.87. The van der Waals surface area contributed by atoms with Gasteiger partial charge in [-0.05, 0) is 40.2 Å². The first-order valence-corrected chi connectivity index (χ1v) is 7.74. The Balaban J connectivity index is 1.78. The van der Waals surface area contributed by atoms with Crippen LogP contribution in [0.3, 0.4) is 0 Å². The molecule has 0 aliphatic carbocycles. The normalized spacial score (nSPS) is 10.3. The van der Waals surface area contributed by atoms with E-state index in [4.69, 9.17) is 0 Å². The standard InChI is InChI=1S/C13H10BrF2N3O2S/c14-7-3-11(17-5-7)13(21)19-18-12(20)6-22-8-1-2-9(15)10(16)4-8/h1-5,17H,6H2,(H,18,20)(H,19,21). The second-order valence-electron chi connectivity index (χ2n) is 4.10. The summed E-state index contributed by atoms with van der Waals surface area (Å²) in [5, 5.41) is 0. The zero-order valence-electron chi connectivity index (χ0n) is 11.0. The molecule has 1 aromatic heterocycles. The van der Waals surface area contributed by atoms with Gasteiger partial charge in [0.25, 0.3) is 5.91 Å². The zero-order chi connectivity index (χ0) is 16.1. The number of carbonyl (C=O) groups excluding carboxylic acids is 2. The number of amides is 2. The molecule has 5 nitrogen and oxygen atoms in total. The first kappa shape index (κ1) is 16.5. The number of H-pyrrole nitrogens is 1. The van der Waals surface area contributed by atoms with Crippen molar-refractivity contribution in [3.05, 3.63) is 52.3 Å². The van der Waals surface area contributed by atoms with Gasteiger partial charge in [-0.1, -0.05) is 0 Å². The maximum atomic E-state index is 13.0. The Morgan fingerprint density at radius 1 is 1.18 bits per heavy atom. The van der Waals surface area contributed by atoms with Crippen LogP contribution in [0.5, 0.6) is 0 Å². The highest BCUT2D eigenvalue weighted by Gasteiger charge is 2.10. The van der Waals surface area contributed by atoms with E-state index in [-0.39, 0.29) is 11.4 Å². The van der Waals surface area contributed by atoms with Crippen LogP contribution < -0.4 is 10.9 Å². The third kappa shape index (κ3) is 4.57. The van der Waals surface area contributed by atoms with Gasteiger partial charge in [-0.3, -0.25) is 20.4 Å². The topological polar surface area (TPSA) is 74.0 Å². The highest BCUT2D eigenvalue weighted by atomic mass is 79.9. The van der Waals surface area contributed by atoms with Crippen molar-refractivity contribution in [3.63, 3.8) is 0 Å². The molecule has 0 saturated carbocycles. The van der Waals surface area contributed by atoms with E-state index < -0.39 is 23.4 Å². The van der Waals surface area contributed by atoms with E-state index >= 15 is 0 Å². The molecule has 0 saturated heterocycles. The van der Waals surface area contributed by atoms with Gasteiger partial charge in [-0.15, -0.1) is 11.8 Å². The van der Waals surface area contributed by atoms with Crippen molar-refractivity contribution in [1.82, 2.24) is 15.8 Å². The number of hydrogen-bond donors (Lipinski definition) is 3. The molecule has 0 fully saturated rings. The summed E-state index contributed by atoms with van der Waals surface area (Å²) in [5.41, 5.74) is 4.73. The third-order valence-electron chi connectivity index (χ3n) is 2.47. The van der Waals surface area contributed by atoms with Gasteiger partial charge in [0, 0.05) is 15.6 Å². The van der Waals surface area contributed by atoms with E-state index in [2.05, 4.69) is 31.8 Å². The minimum absolute atomic E-state index is 0.0558. The van der Waals surface area contributed by atoms with Crippen LogP contribution in [-0.2, 0) is 4.79 Å². The van der Waals surface area contributed by atoms with Gasteiger partial charge < -0.3 is 4.98 Å². The minimum atomic E-state index is -0.976. The van der Waals surface area contributed by atoms with E-state index in [1.54, 1.807) is 12.3 Å². The van der Waals surface area contributed by atoms with Crippen LogP contribution in [0.25, 0.3) is 0 Å². The van der Waals surface area contributed by atoms with Gasteiger partial charge in [0.1, 0.15) is 5.69 Å². The Bertz CT molecular complexity index is 708. The minimum Gasteiger partial charge on any atom is -0.356 e. The number of halogens is 3. The number of carbonyl (C=O) groups is 2. The summed E-state index contributed by atoms with van der Waals surface area (Å²) < 4.78 is 26.5.